The van der Waals surface area contributed by atoms with Crippen LogP contribution in [0.3, 0.4) is 0 Å². The normalized spacial score (nSPS) is 22.3. The van der Waals surface area contributed by atoms with Gasteiger partial charge in [-0.05, 0) is 305 Å². The van der Waals surface area contributed by atoms with Crippen LogP contribution in [-0.2, 0) is 97.2 Å². The van der Waals surface area contributed by atoms with E-state index in [1.54, 1.807) is 67.8 Å². The van der Waals surface area contributed by atoms with Crippen LogP contribution in [0.15, 0.2) is 109 Å². The molecule has 6 saturated carbocycles. The number of aldehydes is 2. The fourth-order valence-electron chi connectivity index (χ4n) is 17.3. The molecule has 0 radical (unpaired) electrons. The summed E-state index contributed by atoms with van der Waals surface area (Å²) in [6.45, 7) is 7.39. The Labute approximate surface area is 752 Å². The summed E-state index contributed by atoms with van der Waals surface area (Å²) in [6.07, 6.45) is 49.6. The Kier molecular flexibility index (Phi) is 60.0. The molecule has 0 atom stereocenters. The Morgan fingerprint density at radius 1 is 0.397 bits per heavy atom. The van der Waals surface area contributed by atoms with Crippen LogP contribution in [0.4, 0.5) is 0 Å². The van der Waals surface area contributed by atoms with Gasteiger partial charge < -0.3 is 47.4 Å². The highest BCUT2D eigenvalue weighted by Gasteiger charge is 2.30. The molecule has 0 bridgehead atoms. The molecule has 0 heterocycles. The number of hydrogen-bond donors (Lipinski definition) is 6. The first-order valence-electron chi connectivity index (χ1n) is 46.3. The summed E-state index contributed by atoms with van der Waals surface area (Å²) >= 11 is 0. The van der Waals surface area contributed by atoms with Gasteiger partial charge in [0.1, 0.15) is 44.0 Å². The second-order valence-corrected chi connectivity index (χ2v) is 35.2. The van der Waals surface area contributed by atoms with Gasteiger partial charge in [0, 0.05) is 41.6 Å². The number of methoxy groups -OCH3 is 2. The first-order chi connectivity index (χ1) is 61.0. The van der Waals surface area contributed by atoms with Gasteiger partial charge in [-0.2, -0.15) is 0 Å². The molecule has 4 aromatic rings. The first-order valence-corrected chi connectivity index (χ1v) is 46.3. The molecule has 6 fully saturated rings. The van der Waals surface area contributed by atoms with Crippen molar-refractivity contribution in [1.82, 2.24) is 0 Å². The number of carbonyl (C=O) groups excluding carboxylic acids is 8. The third-order valence-electron chi connectivity index (χ3n) is 25.6. The molecule has 704 valence electrons. The van der Waals surface area contributed by atoms with E-state index in [9.17, 15) is 38.4 Å². The summed E-state index contributed by atoms with van der Waals surface area (Å²) in [4.78, 5) is 130. The number of primary amides is 1. The molecular weight excluding hydrogens is 1600 g/mol. The summed E-state index contributed by atoms with van der Waals surface area (Å²) in [5.74, 6) is 12.7. The number of carbonyl (C=O) groups is 8. The van der Waals surface area contributed by atoms with Crippen molar-refractivity contribution in [2.75, 3.05) is 69.0 Å². The zero-order valence-corrected chi connectivity index (χ0v) is 77.3. The molecular formula is C101H156N6O19. The lowest BCUT2D eigenvalue weighted by molar-refractivity contribution is -0.282. The monoisotopic (exact) mass is 1760 g/mol. The Morgan fingerprint density at radius 3 is 1.03 bits per heavy atom. The second-order valence-electron chi connectivity index (χ2n) is 35.2. The number of benzene rings is 4. The number of allylic oxidation sites excluding steroid dienone is 2. The highest BCUT2D eigenvalue weighted by atomic mass is 17.2. The molecule has 6 aliphatic carbocycles. The van der Waals surface area contributed by atoms with Crippen molar-refractivity contribution < 1.29 is 91.8 Å². The van der Waals surface area contributed by atoms with E-state index < -0.39 is 0 Å². The average Bonchev–Trinajstić information content (AvgIpc) is 0.885. The van der Waals surface area contributed by atoms with Gasteiger partial charge in [-0.25, -0.2) is 49.8 Å². The molecule has 0 aliphatic heterocycles. The van der Waals surface area contributed by atoms with Crippen LogP contribution in [0.25, 0.3) is 12.2 Å². The lowest BCUT2D eigenvalue weighted by Crippen LogP contribution is -2.27. The summed E-state index contributed by atoms with van der Waals surface area (Å²) < 4.78 is 9.47. The van der Waals surface area contributed by atoms with Crippen LogP contribution in [0.2, 0.25) is 0 Å². The van der Waals surface area contributed by atoms with E-state index in [-0.39, 0.29) is 41.2 Å². The molecule has 126 heavy (non-hydrogen) atoms. The number of rotatable bonds is 43. The number of ketones is 3. The molecule has 4 aromatic carbocycles. The van der Waals surface area contributed by atoms with E-state index in [0.29, 0.717) is 97.6 Å². The third kappa shape index (κ3) is 50.3. The molecule has 0 spiro atoms. The zero-order valence-electron chi connectivity index (χ0n) is 77.3. The van der Waals surface area contributed by atoms with Gasteiger partial charge >= 0.3 is 11.9 Å². The average molecular weight is 1760 g/mol. The van der Waals surface area contributed by atoms with Crippen molar-refractivity contribution in [1.29, 1.82) is 5.41 Å². The summed E-state index contributed by atoms with van der Waals surface area (Å²) in [5, 5.41) is 8.23. The van der Waals surface area contributed by atoms with Gasteiger partial charge in [0.05, 0.1) is 67.4 Å². The molecule has 25 nitrogen and oxygen atoms in total. The molecule has 6 aliphatic rings. The highest BCUT2D eigenvalue weighted by Crippen LogP contribution is 2.38. The minimum Gasteiger partial charge on any atom is -0.469 e. The minimum atomic E-state index is -0.389. The van der Waals surface area contributed by atoms with Gasteiger partial charge in [0.15, 0.2) is 5.78 Å². The lowest BCUT2D eigenvalue weighted by atomic mass is 9.78. The topological polar surface area (TPSA) is 392 Å². The Morgan fingerprint density at radius 2 is 0.706 bits per heavy atom. The first kappa shape index (κ1) is 111. The summed E-state index contributed by atoms with van der Waals surface area (Å²) in [6, 6.07) is 29.1. The number of ether oxygens (including phenoxy) is 2. The van der Waals surface area contributed by atoms with E-state index in [0.717, 1.165) is 179 Å². The largest absolute Gasteiger partial charge is 0.469 e. The minimum absolute atomic E-state index is 0.0666. The van der Waals surface area contributed by atoms with E-state index in [4.69, 9.17) is 63.4 Å². The fourth-order valence-corrected chi connectivity index (χ4v) is 17.3. The number of esters is 2. The van der Waals surface area contributed by atoms with Crippen molar-refractivity contribution in [2.24, 2.45) is 99.8 Å². The molecule has 11 N–H and O–H groups in total. The van der Waals surface area contributed by atoms with Crippen LogP contribution in [0.5, 0.6) is 0 Å². The lowest BCUT2D eigenvalue weighted by Gasteiger charge is -2.29. The predicted molar refractivity (Wildman–Crippen MR) is 494 cm³/mol. The van der Waals surface area contributed by atoms with Crippen molar-refractivity contribution in [3.05, 3.63) is 154 Å². The smallest absolute Gasteiger partial charge is 0.337 e. The van der Waals surface area contributed by atoms with Gasteiger partial charge in [-0.1, -0.05) is 148 Å². The standard InChI is InChI=1S/C21H36O5.C21H20O5.C19H35N3O2.C19H39N3.2C9H10O3.C3H6O/c2*1-24-21(23)19-11-7-17(8-12-19)10-14-20(22)13-9-16-3-5-18(6-4-16)15-26-25-2;20-18(11-7-14-1-3-16(4-2-14)13-24-22)12-8-15-5-9-17(10-6-15)19(21)23;20-13-17-5-1-15(2-6-17)9-11-19(22)12-10-16-3-7-18(14-21)8-4-16;2*1-11-12-7-9-4-2-8(6-10)3-5-9;1-3(2)4/h16-19H,3-15H2,1-2H3;3-14H,15H2,1-2H3;14-17,20H,1-13,22H2,(H2,21,23);15-19H,1-14,20-22H2;2*2-6H,7H2,1H3;1-2H3/b;13-9+,14-10+;;;;;. The number of amides is 1. The molecule has 10 rings (SSSR count). The van der Waals surface area contributed by atoms with E-state index in [1.165, 1.54) is 196 Å². The van der Waals surface area contributed by atoms with Gasteiger partial charge in [0.2, 0.25) is 5.91 Å². The molecule has 0 unspecified atom stereocenters. The quantitative estimate of drug-likeness (QED) is 0.00598. The molecule has 25 heteroatoms. The Balaban J connectivity index is 0.000000320. The zero-order chi connectivity index (χ0) is 91.9. The van der Waals surface area contributed by atoms with E-state index in [1.807, 2.05) is 48.5 Å². The van der Waals surface area contributed by atoms with Crippen LogP contribution in [0, 0.1) is 76.4 Å². The van der Waals surface area contributed by atoms with Crippen molar-refractivity contribution in [3.8, 4) is 0 Å². The van der Waals surface area contributed by atoms with E-state index >= 15 is 0 Å². The molecule has 0 saturated heterocycles. The Bertz CT molecular complexity index is 3560. The van der Waals surface area contributed by atoms with Gasteiger partial charge in [-0.3, -0.25) is 28.8 Å². The number of nitrogens with one attached hydrogen (secondary N) is 1. The maximum absolute atomic E-state index is 12.2. The van der Waals surface area contributed by atoms with Gasteiger partial charge in [-0.15, -0.1) is 0 Å². The maximum Gasteiger partial charge on any atom is 0.337 e. The maximum atomic E-state index is 12.2. The third-order valence-corrected chi connectivity index (χ3v) is 25.6. The van der Waals surface area contributed by atoms with Crippen LogP contribution >= 0.6 is 0 Å². The molecule has 0 aromatic heterocycles. The van der Waals surface area contributed by atoms with Gasteiger partial charge in [0.25, 0.3) is 0 Å². The summed E-state index contributed by atoms with van der Waals surface area (Å²) in [7, 11) is 8.74. The summed E-state index contributed by atoms with van der Waals surface area (Å²) in [5.41, 5.74) is 30.7. The SMILES string of the molecule is CC(C)=O.COOCC1CCC(CCC(=O)CCC2CCC(C(=O)OC)CC2)CC1.COOCc1ccc(/C=C/C(=O)/C=C/c2ccc(C(=O)OC)cc2)cc1.COOCc1ccc(C=O)cc1.COOCc1ccc(C=O)cc1.N=C(CCC1CCC(CON)CC1)CCC1CCC(C(N)=O)CC1.NCC1CCC(CCC(N)CCC2CCC(CN)CC2)CC1. The van der Waals surface area contributed by atoms with Crippen LogP contribution in [0.1, 0.15) is 304 Å². The van der Waals surface area contributed by atoms with Crippen molar-refractivity contribution >= 4 is 65.6 Å². The van der Waals surface area contributed by atoms with E-state index in [2.05, 4.69) is 24.3 Å². The van der Waals surface area contributed by atoms with Crippen LogP contribution in [-0.4, -0.2) is 128 Å². The fraction of sp³-hybridized carbons (Fsp3) is 0.634. The van der Waals surface area contributed by atoms with Crippen LogP contribution < -0.4 is 28.8 Å². The second kappa shape index (κ2) is 68.4. The number of Topliss-reactive ketones (excluding diaryl/α,β-unsaturated/α-hetero) is 2. The molecule has 1 amide bonds. The number of hydrogen-bond acceptors (Lipinski definition) is 24. The predicted octanol–water partition coefficient (Wildman–Crippen LogP) is 19.0. The highest BCUT2D eigenvalue weighted by molar-refractivity contribution is 6.04. The number of nitrogens with two attached hydrogens (primary N) is 5. The van der Waals surface area contributed by atoms with Crippen molar-refractivity contribution in [2.45, 2.75) is 271 Å². The Hall–Kier alpha value is -7.73. The van der Waals surface area contributed by atoms with Crippen molar-refractivity contribution in [3.63, 3.8) is 0 Å².